The van der Waals surface area contributed by atoms with Crippen molar-refractivity contribution < 1.29 is 9.59 Å². The zero-order chi connectivity index (χ0) is 16.2. The smallest absolute Gasteiger partial charge is 0.238 e. The molecule has 5 heteroatoms. The summed E-state index contributed by atoms with van der Waals surface area (Å²) in [7, 11) is 0. The number of hydrogen-bond donors (Lipinski definition) is 2. The highest BCUT2D eigenvalue weighted by Crippen LogP contribution is 2.23. The lowest BCUT2D eigenvalue weighted by Crippen LogP contribution is -2.50. The average molecular weight is 309 g/mol. The molecule has 0 aliphatic carbocycles. The van der Waals surface area contributed by atoms with Crippen molar-refractivity contribution in [3.8, 4) is 0 Å². The normalized spacial score (nSPS) is 17.3. The molecule has 1 aliphatic heterocycles. The molecule has 3 rings (SSSR count). The van der Waals surface area contributed by atoms with Crippen molar-refractivity contribution in [1.82, 2.24) is 4.90 Å². The zero-order valence-electron chi connectivity index (χ0n) is 12.7. The number of nitrogens with zero attached hydrogens (tertiary/aromatic N) is 1. The highest BCUT2D eigenvalue weighted by Gasteiger charge is 2.31. The number of hydrogen-bond acceptors (Lipinski definition) is 3. The van der Waals surface area contributed by atoms with E-state index in [1.54, 1.807) is 0 Å². The molecule has 118 valence electrons. The summed E-state index contributed by atoms with van der Waals surface area (Å²) < 4.78 is 0. The van der Waals surface area contributed by atoms with Crippen molar-refractivity contribution >= 4 is 17.5 Å². The van der Waals surface area contributed by atoms with E-state index in [-0.39, 0.29) is 12.5 Å². The molecule has 1 heterocycles. The first-order valence-corrected chi connectivity index (χ1v) is 7.58. The van der Waals surface area contributed by atoms with Crippen molar-refractivity contribution in [2.24, 2.45) is 5.73 Å². The highest BCUT2D eigenvalue weighted by molar-refractivity contribution is 5.92. The van der Waals surface area contributed by atoms with E-state index in [1.165, 1.54) is 0 Å². The number of nitrogens with one attached hydrogen (secondary N) is 1. The maximum Gasteiger partial charge on any atom is 0.238 e. The molecule has 2 aromatic rings. The molecule has 0 bridgehead atoms. The molecule has 2 amide bonds. The van der Waals surface area contributed by atoms with E-state index in [4.69, 9.17) is 5.73 Å². The summed E-state index contributed by atoms with van der Waals surface area (Å²) in [5.74, 6) is -0.547. The second-order valence-electron chi connectivity index (χ2n) is 5.71. The Labute approximate surface area is 135 Å². The summed E-state index contributed by atoms with van der Waals surface area (Å²) in [5.41, 5.74) is 8.53. The molecular formula is C18H19N3O2. The third-order valence-electron chi connectivity index (χ3n) is 4.08. The fourth-order valence-corrected chi connectivity index (χ4v) is 2.93. The van der Waals surface area contributed by atoms with Gasteiger partial charge in [0.15, 0.2) is 0 Å². The van der Waals surface area contributed by atoms with Crippen LogP contribution in [-0.4, -0.2) is 29.3 Å². The van der Waals surface area contributed by atoms with Crippen LogP contribution in [0.25, 0.3) is 0 Å². The van der Waals surface area contributed by atoms with Crippen LogP contribution in [-0.2, 0) is 22.6 Å². The van der Waals surface area contributed by atoms with E-state index in [1.807, 2.05) is 59.5 Å². The number of fused-ring (bicyclic) bond motifs is 1. The first-order valence-electron chi connectivity index (χ1n) is 7.58. The number of rotatable bonds is 4. The van der Waals surface area contributed by atoms with Gasteiger partial charge in [-0.05, 0) is 29.7 Å². The molecular weight excluding hydrogens is 290 g/mol. The summed E-state index contributed by atoms with van der Waals surface area (Å²) in [6.45, 7) is 0.683. The Balaban J connectivity index is 1.72. The Morgan fingerprint density at radius 3 is 2.39 bits per heavy atom. The van der Waals surface area contributed by atoms with Gasteiger partial charge in [0.05, 0.1) is 12.6 Å². The summed E-state index contributed by atoms with van der Waals surface area (Å²) in [4.78, 5) is 25.9. The van der Waals surface area contributed by atoms with Crippen LogP contribution in [0.5, 0.6) is 0 Å². The van der Waals surface area contributed by atoms with Gasteiger partial charge >= 0.3 is 0 Å². The summed E-state index contributed by atoms with van der Waals surface area (Å²) in [6, 6.07) is 16.8. The summed E-state index contributed by atoms with van der Waals surface area (Å²) in [5, 5.41) is 2.84. The van der Waals surface area contributed by atoms with Crippen molar-refractivity contribution in [3.05, 3.63) is 65.7 Å². The molecule has 0 radical (unpaired) electrons. The van der Waals surface area contributed by atoms with Crippen LogP contribution in [0.15, 0.2) is 54.6 Å². The minimum Gasteiger partial charge on any atom is -0.368 e. The van der Waals surface area contributed by atoms with Crippen molar-refractivity contribution in [2.75, 3.05) is 11.9 Å². The third-order valence-corrected chi connectivity index (χ3v) is 4.08. The zero-order valence-corrected chi connectivity index (χ0v) is 12.7. The van der Waals surface area contributed by atoms with Gasteiger partial charge in [-0.15, -0.1) is 0 Å². The fourth-order valence-electron chi connectivity index (χ4n) is 2.93. The van der Waals surface area contributed by atoms with Gasteiger partial charge in [-0.25, -0.2) is 0 Å². The van der Waals surface area contributed by atoms with E-state index in [2.05, 4.69) is 5.32 Å². The first kappa shape index (κ1) is 15.2. The number of amides is 2. The van der Waals surface area contributed by atoms with Crippen molar-refractivity contribution in [3.63, 3.8) is 0 Å². The standard InChI is InChI=1S/C18H19N3O2/c19-18(23)16-10-13-6-4-5-7-14(13)11-21(16)12-17(22)20-15-8-2-1-3-9-15/h1-9,16H,10-12H2,(H2,19,23)(H,20,22). The molecule has 5 nitrogen and oxygen atoms in total. The van der Waals surface area contributed by atoms with Gasteiger partial charge in [-0.3, -0.25) is 14.5 Å². The second kappa shape index (κ2) is 6.62. The number of nitrogens with two attached hydrogens (primary N) is 1. The minimum absolute atomic E-state index is 0.136. The van der Waals surface area contributed by atoms with Crippen molar-refractivity contribution in [1.29, 1.82) is 0 Å². The Morgan fingerprint density at radius 2 is 1.70 bits per heavy atom. The number of carbonyl (C=O) groups excluding carboxylic acids is 2. The molecule has 1 unspecified atom stereocenters. The van der Waals surface area contributed by atoms with E-state index in [9.17, 15) is 9.59 Å². The molecule has 2 aromatic carbocycles. The molecule has 1 atom stereocenters. The van der Waals surface area contributed by atoms with Gasteiger partial charge in [0.2, 0.25) is 11.8 Å². The van der Waals surface area contributed by atoms with Gasteiger partial charge in [0.1, 0.15) is 0 Å². The van der Waals surface area contributed by atoms with E-state index < -0.39 is 11.9 Å². The van der Waals surface area contributed by atoms with Gasteiger partial charge in [0, 0.05) is 12.2 Å². The molecule has 0 aromatic heterocycles. The fraction of sp³-hybridized carbons (Fsp3) is 0.222. The van der Waals surface area contributed by atoms with Gasteiger partial charge < -0.3 is 11.1 Å². The molecule has 0 spiro atoms. The molecule has 23 heavy (non-hydrogen) atoms. The topological polar surface area (TPSA) is 75.4 Å². The SMILES string of the molecule is NC(=O)C1Cc2ccccc2CN1CC(=O)Nc1ccccc1. The number of benzene rings is 2. The lowest BCUT2D eigenvalue weighted by Gasteiger charge is -2.34. The van der Waals surface area contributed by atoms with Crippen LogP contribution in [0.4, 0.5) is 5.69 Å². The van der Waals surface area contributed by atoms with E-state index in [0.717, 1.165) is 16.8 Å². The molecule has 0 saturated heterocycles. The maximum atomic E-state index is 12.3. The molecule has 1 aliphatic rings. The predicted molar refractivity (Wildman–Crippen MR) is 88.6 cm³/mol. The number of anilines is 1. The minimum atomic E-state index is -0.452. The first-order chi connectivity index (χ1) is 11.1. The lowest BCUT2D eigenvalue weighted by atomic mass is 9.93. The van der Waals surface area contributed by atoms with Crippen LogP contribution in [0.2, 0.25) is 0 Å². The highest BCUT2D eigenvalue weighted by atomic mass is 16.2. The number of primary amides is 1. The molecule has 0 saturated carbocycles. The van der Waals surface area contributed by atoms with Gasteiger partial charge in [-0.2, -0.15) is 0 Å². The largest absolute Gasteiger partial charge is 0.368 e. The quantitative estimate of drug-likeness (QED) is 0.899. The van der Waals surface area contributed by atoms with Crippen molar-refractivity contribution in [2.45, 2.75) is 19.0 Å². The average Bonchev–Trinajstić information content (AvgIpc) is 2.55. The van der Waals surface area contributed by atoms with Crippen LogP contribution in [0, 0.1) is 0 Å². The number of para-hydroxylation sites is 1. The Hall–Kier alpha value is -2.66. The van der Waals surface area contributed by atoms with Crippen LogP contribution in [0.1, 0.15) is 11.1 Å². The monoisotopic (exact) mass is 309 g/mol. The maximum absolute atomic E-state index is 12.3. The van der Waals surface area contributed by atoms with E-state index >= 15 is 0 Å². The predicted octanol–water partition coefficient (Wildman–Crippen LogP) is 1.54. The van der Waals surface area contributed by atoms with E-state index in [0.29, 0.717) is 13.0 Å². The Kier molecular flexibility index (Phi) is 4.39. The second-order valence-corrected chi connectivity index (χ2v) is 5.71. The van der Waals surface area contributed by atoms with Crippen LogP contribution >= 0.6 is 0 Å². The molecule has 3 N–H and O–H groups in total. The van der Waals surface area contributed by atoms with Gasteiger partial charge in [-0.1, -0.05) is 42.5 Å². The van der Waals surface area contributed by atoms with Crippen LogP contribution < -0.4 is 11.1 Å². The van der Waals surface area contributed by atoms with Crippen LogP contribution in [0.3, 0.4) is 0 Å². The molecule has 0 fully saturated rings. The Morgan fingerprint density at radius 1 is 1.04 bits per heavy atom. The number of carbonyl (C=O) groups is 2. The summed E-state index contributed by atoms with van der Waals surface area (Å²) >= 11 is 0. The van der Waals surface area contributed by atoms with Gasteiger partial charge in [0.25, 0.3) is 0 Å². The Bertz CT molecular complexity index is 715. The summed E-state index contributed by atoms with van der Waals surface area (Å²) in [6.07, 6.45) is 0.546. The lowest BCUT2D eigenvalue weighted by molar-refractivity contribution is -0.125. The third kappa shape index (κ3) is 3.57.